The fourth-order valence-corrected chi connectivity index (χ4v) is 4.68. The van der Waals surface area contributed by atoms with Gasteiger partial charge < -0.3 is 10.6 Å². The van der Waals surface area contributed by atoms with Crippen molar-refractivity contribution in [3.8, 4) is 0 Å². The van der Waals surface area contributed by atoms with Gasteiger partial charge in [-0.3, -0.25) is 19.4 Å². The highest BCUT2D eigenvalue weighted by Crippen LogP contribution is 2.37. The zero-order valence-electron chi connectivity index (χ0n) is 15.4. The number of rotatable bonds is 2. The van der Waals surface area contributed by atoms with Gasteiger partial charge in [-0.15, -0.1) is 12.4 Å². The molecule has 0 bridgehead atoms. The van der Waals surface area contributed by atoms with E-state index in [9.17, 15) is 9.59 Å². The summed E-state index contributed by atoms with van der Waals surface area (Å²) in [4.78, 5) is 31.5. The smallest absolute Gasteiger partial charge is 0.273 e. The summed E-state index contributed by atoms with van der Waals surface area (Å²) in [5.41, 5.74) is 9.19. The molecule has 0 aromatic carbocycles. The number of amides is 1. The van der Waals surface area contributed by atoms with Crippen molar-refractivity contribution < 1.29 is 4.79 Å². The van der Waals surface area contributed by atoms with E-state index in [0.29, 0.717) is 29.3 Å². The van der Waals surface area contributed by atoms with Crippen molar-refractivity contribution in [2.24, 2.45) is 24.6 Å². The number of nitrogens with zero attached hydrogens (tertiary/aromatic N) is 3. The lowest BCUT2D eigenvalue weighted by molar-refractivity contribution is -0.129. The molecule has 2 aliphatic rings. The lowest BCUT2D eigenvalue weighted by Gasteiger charge is -2.20. The molecule has 26 heavy (non-hydrogen) atoms. The van der Waals surface area contributed by atoms with Crippen LogP contribution in [-0.4, -0.2) is 44.7 Å². The van der Waals surface area contributed by atoms with Gasteiger partial charge in [-0.1, -0.05) is 0 Å². The lowest BCUT2D eigenvalue weighted by Crippen LogP contribution is -2.34. The van der Waals surface area contributed by atoms with Crippen molar-refractivity contribution in [2.75, 3.05) is 13.1 Å². The normalized spacial score (nSPS) is 24.8. The lowest BCUT2D eigenvalue weighted by atomic mass is 9.98. The highest BCUT2D eigenvalue weighted by atomic mass is 35.5. The fourth-order valence-electron chi connectivity index (χ4n) is 4.68. The van der Waals surface area contributed by atoms with Gasteiger partial charge in [0, 0.05) is 31.9 Å². The molecule has 1 amide bonds. The van der Waals surface area contributed by atoms with Crippen LogP contribution in [0.5, 0.6) is 0 Å². The van der Waals surface area contributed by atoms with E-state index in [0.717, 1.165) is 42.8 Å². The van der Waals surface area contributed by atoms with Crippen LogP contribution in [0, 0.1) is 25.7 Å². The summed E-state index contributed by atoms with van der Waals surface area (Å²) in [5.74, 6) is 1.11. The molecule has 4 rings (SSSR count). The number of nitrogens with two attached hydrogens (primary N) is 1. The maximum Gasteiger partial charge on any atom is 0.273 e. The number of halogens is 1. The predicted molar refractivity (Wildman–Crippen MR) is 103 cm³/mol. The van der Waals surface area contributed by atoms with Gasteiger partial charge in [-0.25, -0.2) is 4.98 Å². The number of hydrogen-bond acceptors (Lipinski definition) is 4. The number of aryl methyl sites for hydroxylation is 3. The number of carbonyl (C=O) groups excluding carboxylic acids is 1. The van der Waals surface area contributed by atoms with Crippen molar-refractivity contribution in [1.82, 2.24) is 19.7 Å². The molecule has 7 nitrogen and oxygen atoms in total. The first kappa shape index (κ1) is 18.9. The van der Waals surface area contributed by atoms with Crippen LogP contribution in [0.1, 0.15) is 29.7 Å². The second kappa shape index (κ2) is 6.70. The summed E-state index contributed by atoms with van der Waals surface area (Å²) in [6.45, 7) is 5.39. The summed E-state index contributed by atoms with van der Waals surface area (Å²) < 4.78 is 1.63. The molecule has 2 aromatic heterocycles. The zero-order chi connectivity index (χ0) is 17.9. The predicted octanol–water partition coefficient (Wildman–Crippen LogP) is 1.04. The summed E-state index contributed by atoms with van der Waals surface area (Å²) >= 11 is 0. The number of aromatic nitrogens is 3. The quantitative estimate of drug-likeness (QED) is 0.814. The van der Waals surface area contributed by atoms with E-state index in [4.69, 9.17) is 5.73 Å². The molecule has 3 N–H and O–H groups in total. The van der Waals surface area contributed by atoms with Gasteiger partial charge in [0.05, 0.1) is 11.8 Å². The Morgan fingerprint density at radius 1 is 1.31 bits per heavy atom. The Hall–Kier alpha value is -1.86. The topological polar surface area (TPSA) is 97.0 Å². The van der Waals surface area contributed by atoms with Gasteiger partial charge in [0.1, 0.15) is 0 Å². The molecule has 3 unspecified atom stereocenters. The molecule has 3 heterocycles. The standard InChI is InChI=1S/C18H25N5O2.ClH/c1-9-12(10(2)20-17-16(9)18(25)21-22(17)3)6-15(24)23-7-11-4-5-14(19)13(11)8-23;/h11,13-14H,4-8,19H2,1-3H3,(H,21,25);1H. The summed E-state index contributed by atoms with van der Waals surface area (Å²) in [6, 6.07) is 0.229. The fraction of sp³-hybridized carbons (Fsp3) is 0.611. The first-order chi connectivity index (χ1) is 11.9. The Balaban J connectivity index is 0.00000196. The van der Waals surface area contributed by atoms with Gasteiger partial charge in [0.15, 0.2) is 5.65 Å². The summed E-state index contributed by atoms with van der Waals surface area (Å²) in [5, 5.41) is 3.32. The monoisotopic (exact) mass is 379 g/mol. The molecule has 1 aliphatic heterocycles. The molecular formula is C18H26ClN5O2. The van der Waals surface area contributed by atoms with E-state index in [1.54, 1.807) is 11.7 Å². The van der Waals surface area contributed by atoms with E-state index in [-0.39, 0.29) is 29.9 Å². The van der Waals surface area contributed by atoms with Crippen LogP contribution < -0.4 is 11.3 Å². The summed E-state index contributed by atoms with van der Waals surface area (Å²) in [7, 11) is 1.77. The second-order valence-electron chi connectivity index (χ2n) is 7.64. The zero-order valence-corrected chi connectivity index (χ0v) is 16.2. The van der Waals surface area contributed by atoms with Crippen molar-refractivity contribution in [2.45, 2.75) is 39.2 Å². The Morgan fingerprint density at radius 2 is 2.04 bits per heavy atom. The van der Waals surface area contributed by atoms with Crippen LogP contribution in [0.2, 0.25) is 0 Å². The molecule has 8 heteroatoms. The molecular weight excluding hydrogens is 354 g/mol. The van der Waals surface area contributed by atoms with Crippen molar-refractivity contribution in [3.63, 3.8) is 0 Å². The average molecular weight is 380 g/mol. The minimum absolute atomic E-state index is 0. The Bertz CT molecular complexity index is 918. The Labute approximate surface area is 158 Å². The third-order valence-corrected chi connectivity index (χ3v) is 6.17. The van der Waals surface area contributed by atoms with Gasteiger partial charge in [-0.2, -0.15) is 0 Å². The number of pyridine rings is 1. The van der Waals surface area contributed by atoms with E-state index in [1.807, 2.05) is 18.7 Å². The molecule has 2 fully saturated rings. The maximum absolute atomic E-state index is 12.8. The number of aromatic amines is 1. The van der Waals surface area contributed by atoms with Crippen LogP contribution in [0.15, 0.2) is 4.79 Å². The second-order valence-corrected chi connectivity index (χ2v) is 7.64. The number of fused-ring (bicyclic) bond motifs is 2. The Kier molecular flexibility index (Phi) is 4.88. The van der Waals surface area contributed by atoms with Crippen LogP contribution in [-0.2, 0) is 18.3 Å². The molecule has 1 aliphatic carbocycles. The van der Waals surface area contributed by atoms with Gasteiger partial charge >= 0.3 is 0 Å². The molecule has 142 valence electrons. The largest absolute Gasteiger partial charge is 0.342 e. The van der Waals surface area contributed by atoms with Crippen molar-refractivity contribution in [1.29, 1.82) is 0 Å². The van der Waals surface area contributed by atoms with Crippen LogP contribution in [0.3, 0.4) is 0 Å². The molecule has 2 aromatic rings. The van der Waals surface area contributed by atoms with Crippen LogP contribution in [0.4, 0.5) is 0 Å². The van der Waals surface area contributed by atoms with E-state index < -0.39 is 0 Å². The minimum Gasteiger partial charge on any atom is -0.342 e. The third kappa shape index (κ3) is 2.83. The van der Waals surface area contributed by atoms with Crippen LogP contribution >= 0.6 is 12.4 Å². The number of H-pyrrole nitrogens is 1. The number of carbonyl (C=O) groups is 1. The van der Waals surface area contributed by atoms with E-state index in [1.165, 1.54) is 0 Å². The van der Waals surface area contributed by atoms with Gasteiger partial charge in [-0.05, 0) is 49.7 Å². The van der Waals surface area contributed by atoms with Crippen LogP contribution in [0.25, 0.3) is 11.0 Å². The minimum atomic E-state index is -0.155. The molecule has 0 radical (unpaired) electrons. The number of likely N-dealkylation sites (tertiary alicyclic amines) is 1. The van der Waals surface area contributed by atoms with Crippen molar-refractivity contribution >= 4 is 29.3 Å². The first-order valence-electron chi connectivity index (χ1n) is 8.95. The van der Waals surface area contributed by atoms with E-state index >= 15 is 0 Å². The highest BCUT2D eigenvalue weighted by molar-refractivity contribution is 5.85. The number of nitrogens with one attached hydrogen (secondary N) is 1. The first-order valence-corrected chi connectivity index (χ1v) is 8.95. The molecule has 1 saturated heterocycles. The maximum atomic E-state index is 12.8. The van der Waals surface area contributed by atoms with Gasteiger partial charge in [0.2, 0.25) is 5.91 Å². The summed E-state index contributed by atoms with van der Waals surface area (Å²) in [6.07, 6.45) is 2.50. The highest BCUT2D eigenvalue weighted by Gasteiger charge is 2.42. The van der Waals surface area contributed by atoms with Crippen molar-refractivity contribution in [3.05, 3.63) is 27.2 Å². The third-order valence-electron chi connectivity index (χ3n) is 6.17. The molecule has 1 saturated carbocycles. The SMILES string of the molecule is Cc1nc2c(c(C)c1CC(=O)N1CC3CCC(N)C3C1)c(=O)[nH]n2C.Cl. The van der Waals surface area contributed by atoms with Gasteiger partial charge in [0.25, 0.3) is 5.56 Å². The number of hydrogen-bond donors (Lipinski definition) is 2. The molecule has 0 spiro atoms. The Morgan fingerprint density at radius 3 is 2.73 bits per heavy atom. The molecule has 3 atom stereocenters. The average Bonchev–Trinajstić information content (AvgIpc) is 3.20. The van der Waals surface area contributed by atoms with E-state index in [2.05, 4.69) is 10.1 Å².